The van der Waals surface area contributed by atoms with Crippen LogP contribution in [0.5, 0.6) is 0 Å². The summed E-state index contributed by atoms with van der Waals surface area (Å²) in [5.41, 5.74) is 3.18. The van der Waals surface area contributed by atoms with Crippen molar-refractivity contribution in [1.82, 2.24) is 0 Å². The summed E-state index contributed by atoms with van der Waals surface area (Å²) in [6.07, 6.45) is 0.729. The maximum Gasteiger partial charge on any atom is 0.303 e. The molecule has 0 radical (unpaired) electrons. The maximum absolute atomic E-state index is 10.5. The highest BCUT2D eigenvalue weighted by molar-refractivity contribution is 7.10. The molecule has 0 saturated heterocycles. The van der Waals surface area contributed by atoms with Gasteiger partial charge in [-0.2, -0.15) is 0 Å². The zero-order valence-electron chi connectivity index (χ0n) is 10.6. The van der Waals surface area contributed by atoms with Crippen molar-refractivity contribution in [3.8, 4) is 11.8 Å². The molecule has 0 unspecified atom stereocenters. The van der Waals surface area contributed by atoms with Gasteiger partial charge >= 0.3 is 5.97 Å². The van der Waals surface area contributed by atoms with Gasteiger partial charge in [0.1, 0.15) is 0 Å². The molecule has 2 aromatic rings. The molecule has 1 N–H and O–H groups in total. The predicted molar refractivity (Wildman–Crippen MR) is 77.4 cm³/mol. The van der Waals surface area contributed by atoms with Gasteiger partial charge in [0.2, 0.25) is 0 Å². The summed E-state index contributed by atoms with van der Waals surface area (Å²) >= 11 is 1.64. The van der Waals surface area contributed by atoms with Crippen LogP contribution in [0.1, 0.15) is 28.0 Å². The van der Waals surface area contributed by atoms with Crippen LogP contribution in [-0.2, 0) is 11.2 Å². The van der Waals surface area contributed by atoms with Gasteiger partial charge in [0.25, 0.3) is 0 Å². The van der Waals surface area contributed by atoms with Crippen LogP contribution in [0.25, 0.3) is 0 Å². The molecule has 2 rings (SSSR count). The number of aryl methyl sites for hydroxylation is 2. The second-order valence-electron chi connectivity index (χ2n) is 4.27. The topological polar surface area (TPSA) is 37.3 Å². The van der Waals surface area contributed by atoms with Crippen molar-refractivity contribution in [2.24, 2.45) is 0 Å². The van der Waals surface area contributed by atoms with E-state index in [1.54, 1.807) is 11.3 Å². The first-order chi connectivity index (χ1) is 9.15. The largest absolute Gasteiger partial charge is 0.481 e. The lowest BCUT2D eigenvalue weighted by molar-refractivity contribution is -0.136. The highest BCUT2D eigenvalue weighted by Gasteiger charge is 1.99. The van der Waals surface area contributed by atoms with E-state index in [2.05, 4.69) is 24.8 Å². The molecule has 96 valence electrons. The van der Waals surface area contributed by atoms with E-state index < -0.39 is 5.97 Å². The van der Waals surface area contributed by atoms with Crippen molar-refractivity contribution in [3.63, 3.8) is 0 Å². The Kier molecular flexibility index (Phi) is 4.38. The lowest BCUT2D eigenvalue weighted by Gasteiger charge is -1.98. The molecule has 0 bridgehead atoms. The minimum atomic E-state index is -0.767. The standard InChI is InChI=1S/C16H14O2S/c1-12-10-11-19-15(12)8-6-13-2-4-14(5-3-13)7-9-16(17)18/h2-5,10-11H,7,9H2,1H3,(H,17,18). The number of aliphatic carboxylic acids is 1. The third-order valence-corrected chi connectivity index (χ3v) is 3.70. The molecule has 1 aromatic heterocycles. The first-order valence-electron chi connectivity index (χ1n) is 6.02. The van der Waals surface area contributed by atoms with Gasteiger partial charge in [0.15, 0.2) is 0 Å². The average molecular weight is 270 g/mol. The smallest absolute Gasteiger partial charge is 0.303 e. The third-order valence-electron chi connectivity index (χ3n) is 2.76. The summed E-state index contributed by atoms with van der Waals surface area (Å²) in [5.74, 6) is 5.51. The molecular weight excluding hydrogens is 256 g/mol. The minimum Gasteiger partial charge on any atom is -0.481 e. The van der Waals surface area contributed by atoms with E-state index in [0.717, 1.165) is 16.0 Å². The lowest BCUT2D eigenvalue weighted by Crippen LogP contribution is -1.97. The summed E-state index contributed by atoms with van der Waals surface area (Å²) in [4.78, 5) is 11.6. The number of carboxylic acid groups (broad SMARTS) is 1. The Balaban J connectivity index is 2.05. The Labute approximate surface area is 116 Å². The number of carbonyl (C=O) groups is 1. The molecule has 1 aromatic carbocycles. The second kappa shape index (κ2) is 6.21. The zero-order chi connectivity index (χ0) is 13.7. The number of hydrogen-bond acceptors (Lipinski definition) is 2. The van der Waals surface area contributed by atoms with E-state index in [9.17, 15) is 4.79 Å². The quantitative estimate of drug-likeness (QED) is 0.867. The number of rotatable bonds is 3. The van der Waals surface area contributed by atoms with E-state index in [0.29, 0.717) is 6.42 Å². The Morgan fingerprint density at radius 1 is 1.21 bits per heavy atom. The molecular formula is C16H14O2S. The van der Waals surface area contributed by atoms with Crippen LogP contribution in [-0.4, -0.2) is 11.1 Å². The fourth-order valence-electron chi connectivity index (χ4n) is 1.64. The Morgan fingerprint density at radius 2 is 1.95 bits per heavy atom. The SMILES string of the molecule is Cc1ccsc1C#Cc1ccc(CCC(=O)O)cc1. The number of benzene rings is 1. The van der Waals surface area contributed by atoms with Crippen molar-refractivity contribution in [2.45, 2.75) is 19.8 Å². The fraction of sp³-hybridized carbons (Fsp3) is 0.188. The molecule has 0 saturated carbocycles. The molecule has 0 aliphatic carbocycles. The molecule has 0 aliphatic heterocycles. The van der Waals surface area contributed by atoms with Crippen LogP contribution in [0.4, 0.5) is 0 Å². The lowest BCUT2D eigenvalue weighted by atomic mass is 10.1. The number of hydrogen-bond donors (Lipinski definition) is 1. The van der Waals surface area contributed by atoms with Gasteiger partial charge in [-0.25, -0.2) is 0 Å². The first-order valence-corrected chi connectivity index (χ1v) is 6.90. The molecule has 0 amide bonds. The van der Waals surface area contributed by atoms with Gasteiger partial charge in [-0.3, -0.25) is 4.79 Å². The molecule has 0 atom stereocenters. The number of carboxylic acids is 1. The van der Waals surface area contributed by atoms with Crippen molar-refractivity contribution in [2.75, 3.05) is 0 Å². The van der Waals surface area contributed by atoms with Crippen molar-refractivity contribution >= 4 is 17.3 Å². The van der Waals surface area contributed by atoms with E-state index >= 15 is 0 Å². The summed E-state index contributed by atoms with van der Waals surface area (Å²) in [5, 5.41) is 10.7. The van der Waals surface area contributed by atoms with Crippen LogP contribution < -0.4 is 0 Å². The van der Waals surface area contributed by atoms with Gasteiger partial charge in [-0.15, -0.1) is 11.3 Å². The summed E-state index contributed by atoms with van der Waals surface area (Å²) in [6.45, 7) is 2.05. The second-order valence-corrected chi connectivity index (χ2v) is 5.19. The monoisotopic (exact) mass is 270 g/mol. The molecule has 3 heteroatoms. The van der Waals surface area contributed by atoms with E-state index in [1.807, 2.05) is 29.6 Å². The summed E-state index contributed by atoms with van der Waals surface area (Å²) in [6, 6.07) is 9.81. The van der Waals surface area contributed by atoms with E-state index in [-0.39, 0.29) is 6.42 Å². The molecule has 19 heavy (non-hydrogen) atoms. The minimum absolute atomic E-state index is 0.166. The van der Waals surface area contributed by atoms with Crippen molar-refractivity contribution in [1.29, 1.82) is 0 Å². The van der Waals surface area contributed by atoms with Crippen molar-refractivity contribution < 1.29 is 9.90 Å². The summed E-state index contributed by atoms with van der Waals surface area (Å²) in [7, 11) is 0. The molecule has 0 fully saturated rings. The van der Waals surface area contributed by atoms with Crippen LogP contribution in [0.15, 0.2) is 35.7 Å². The summed E-state index contributed by atoms with van der Waals surface area (Å²) < 4.78 is 0. The maximum atomic E-state index is 10.5. The Morgan fingerprint density at radius 3 is 2.53 bits per heavy atom. The Hall–Kier alpha value is -2.05. The highest BCUT2D eigenvalue weighted by atomic mass is 32.1. The zero-order valence-corrected chi connectivity index (χ0v) is 11.5. The van der Waals surface area contributed by atoms with Crippen molar-refractivity contribution in [3.05, 3.63) is 57.3 Å². The van der Waals surface area contributed by atoms with Gasteiger partial charge < -0.3 is 5.11 Å². The first kappa shape index (κ1) is 13.4. The molecule has 0 spiro atoms. The third kappa shape index (κ3) is 3.97. The van der Waals surface area contributed by atoms with Crippen LogP contribution >= 0.6 is 11.3 Å². The van der Waals surface area contributed by atoms with Crippen LogP contribution in [0, 0.1) is 18.8 Å². The van der Waals surface area contributed by atoms with Gasteiger partial charge in [0.05, 0.1) is 4.88 Å². The van der Waals surface area contributed by atoms with E-state index in [4.69, 9.17) is 5.11 Å². The van der Waals surface area contributed by atoms with Gasteiger partial charge in [-0.05, 0) is 48.1 Å². The molecule has 0 aliphatic rings. The van der Waals surface area contributed by atoms with Crippen LogP contribution in [0.3, 0.4) is 0 Å². The normalized spacial score (nSPS) is 9.74. The van der Waals surface area contributed by atoms with Gasteiger partial charge in [0, 0.05) is 12.0 Å². The molecule has 2 nitrogen and oxygen atoms in total. The fourth-order valence-corrected chi connectivity index (χ4v) is 2.41. The van der Waals surface area contributed by atoms with E-state index in [1.165, 1.54) is 5.56 Å². The average Bonchev–Trinajstić information content (AvgIpc) is 2.81. The number of thiophene rings is 1. The van der Waals surface area contributed by atoms with Crippen LogP contribution in [0.2, 0.25) is 0 Å². The predicted octanol–water partition coefficient (Wildman–Crippen LogP) is 3.47. The molecule has 1 heterocycles. The highest BCUT2D eigenvalue weighted by Crippen LogP contribution is 2.14. The van der Waals surface area contributed by atoms with Gasteiger partial charge in [-0.1, -0.05) is 24.0 Å². The Bertz CT molecular complexity index is 627.